The summed E-state index contributed by atoms with van der Waals surface area (Å²) in [5, 5.41) is 16.9. The lowest BCUT2D eigenvalue weighted by Crippen LogP contribution is -2.30. The minimum absolute atomic E-state index is 0.143. The van der Waals surface area contributed by atoms with Crippen molar-refractivity contribution in [3.8, 4) is 34.5 Å². The third kappa shape index (κ3) is 19.4. The molecular formula is C67H73N3O15S. The van der Waals surface area contributed by atoms with E-state index in [1.54, 1.807) is 83.9 Å². The van der Waals surface area contributed by atoms with Crippen LogP contribution in [0.3, 0.4) is 0 Å². The predicted octanol–water partition coefficient (Wildman–Crippen LogP) is 12.9. The van der Waals surface area contributed by atoms with E-state index >= 15 is 0 Å². The first kappa shape index (κ1) is 63.3. The first-order valence-electron chi connectivity index (χ1n) is 29.4. The van der Waals surface area contributed by atoms with Crippen LogP contribution in [0.5, 0.6) is 34.5 Å². The predicted molar refractivity (Wildman–Crippen MR) is 325 cm³/mol. The maximum atomic E-state index is 14.0. The summed E-state index contributed by atoms with van der Waals surface area (Å²) in [5.74, 6) is -1.86. The molecule has 0 unspecified atom stereocenters. The van der Waals surface area contributed by atoms with E-state index in [2.05, 4.69) is 13.2 Å². The van der Waals surface area contributed by atoms with Gasteiger partial charge in [0.05, 0.1) is 78.8 Å². The highest BCUT2D eigenvalue weighted by molar-refractivity contribution is 7.22. The summed E-state index contributed by atoms with van der Waals surface area (Å²) in [6.07, 6.45) is 14.0. The van der Waals surface area contributed by atoms with Crippen LogP contribution in [0, 0.1) is 23.7 Å². The van der Waals surface area contributed by atoms with Crippen LogP contribution in [-0.2, 0) is 44.8 Å². The van der Waals surface area contributed by atoms with E-state index in [9.17, 15) is 33.9 Å². The van der Waals surface area contributed by atoms with Gasteiger partial charge in [-0.15, -0.1) is 0 Å². The molecule has 0 atom stereocenters. The Morgan fingerprint density at radius 1 is 0.523 bits per heavy atom. The molecule has 452 valence electrons. The molecule has 1 heterocycles. The molecule has 86 heavy (non-hydrogen) atoms. The van der Waals surface area contributed by atoms with Crippen LogP contribution in [0.1, 0.15) is 114 Å². The highest BCUT2D eigenvalue weighted by Gasteiger charge is 2.34. The number of ether oxygens (including phenoxy) is 8. The molecule has 0 amide bonds. The SMILES string of the molecule is C=CC(=O)OCCCCCCOc1ccc(OC(=O)C2CCC(C(=O)Oc3ccc(OC(=O)C4CCC(C(=O)Oc5ccc(OCCCCCCOC(=O)C=C)cc5)CC4)c(C=NN(c4ccc(CO)cc4)c4nc5ccccc5s4)c3)CC2)cc1. The monoisotopic (exact) mass is 1190 g/mol. The van der Waals surface area contributed by atoms with Gasteiger partial charge in [0.2, 0.25) is 5.13 Å². The Labute approximate surface area is 504 Å². The molecule has 6 aromatic rings. The molecule has 0 saturated heterocycles. The summed E-state index contributed by atoms with van der Waals surface area (Å²) in [5.41, 5.74) is 2.46. The van der Waals surface area contributed by atoms with E-state index in [1.165, 1.54) is 17.6 Å². The number of hydrogen-bond acceptors (Lipinski definition) is 19. The average molecular weight is 1190 g/mol. The number of aliphatic hydroxyl groups excluding tert-OH is 1. The highest BCUT2D eigenvalue weighted by Crippen LogP contribution is 2.37. The number of fused-ring (bicyclic) bond motifs is 1. The van der Waals surface area contributed by atoms with Crippen LogP contribution in [-0.4, -0.2) is 78.5 Å². The first-order chi connectivity index (χ1) is 41.9. The van der Waals surface area contributed by atoms with E-state index in [4.69, 9.17) is 48.0 Å². The van der Waals surface area contributed by atoms with E-state index in [0.717, 1.165) is 73.7 Å². The smallest absolute Gasteiger partial charge is 0.330 e. The number of unbranched alkanes of at least 4 members (excludes halogenated alkanes) is 6. The quantitative estimate of drug-likeness (QED) is 0.0107. The molecule has 5 aromatic carbocycles. The molecule has 0 bridgehead atoms. The van der Waals surface area contributed by atoms with Gasteiger partial charge in [-0.05, 0) is 199 Å². The van der Waals surface area contributed by atoms with E-state index in [-0.39, 0.29) is 30.0 Å². The molecule has 1 aromatic heterocycles. The van der Waals surface area contributed by atoms with Gasteiger partial charge in [0.1, 0.15) is 34.5 Å². The molecule has 8 rings (SSSR count). The second-order valence-electron chi connectivity index (χ2n) is 21.0. The average Bonchev–Trinajstić information content (AvgIpc) is 4.11. The molecule has 19 heteroatoms. The minimum atomic E-state index is -0.508. The Balaban J connectivity index is 0.856. The summed E-state index contributed by atoms with van der Waals surface area (Å²) >= 11 is 1.43. The van der Waals surface area contributed by atoms with Crippen molar-refractivity contribution in [2.24, 2.45) is 28.8 Å². The number of hydrazone groups is 1. The Bertz CT molecular complexity index is 3220. The fraction of sp³-hybridized carbons (Fsp3) is 0.373. The molecule has 18 nitrogen and oxygen atoms in total. The van der Waals surface area contributed by atoms with Crippen LogP contribution in [0.2, 0.25) is 0 Å². The van der Waals surface area contributed by atoms with Crippen molar-refractivity contribution in [2.75, 3.05) is 31.4 Å². The zero-order chi connectivity index (χ0) is 60.5. The maximum absolute atomic E-state index is 14.0. The number of carbonyl (C=O) groups is 6. The van der Waals surface area contributed by atoms with E-state index in [0.29, 0.717) is 123 Å². The van der Waals surface area contributed by atoms with Gasteiger partial charge < -0.3 is 43.0 Å². The number of carbonyl (C=O) groups excluding carboxylic acids is 6. The zero-order valence-electron chi connectivity index (χ0n) is 48.2. The molecule has 0 aliphatic heterocycles. The molecule has 1 N–H and O–H groups in total. The molecule has 2 fully saturated rings. The van der Waals surface area contributed by atoms with Crippen molar-refractivity contribution >= 4 is 74.4 Å². The summed E-state index contributed by atoms with van der Waals surface area (Å²) in [6.45, 7) is 8.40. The molecule has 0 radical (unpaired) electrons. The van der Waals surface area contributed by atoms with Gasteiger partial charge in [-0.2, -0.15) is 5.10 Å². The lowest BCUT2D eigenvalue weighted by atomic mass is 9.82. The van der Waals surface area contributed by atoms with Crippen LogP contribution in [0.15, 0.2) is 146 Å². The molecule has 2 aliphatic carbocycles. The van der Waals surface area contributed by atoms with Crippen LogP contribution >= 0.6 is 11.3 Å². The van der Waals surface area contributed by atoms with Crippen molar-refractivity contribution in [3.63, 3.8) is 0 Å². The van der Waals surface area contributed by atoms with Gasteiger partial charge in [0.25, 0.3) is 0 Å². The standard InChI is InChI=1S/C67H73N3O15S/c1-3-61(72)80-41-13-7-5-11-39-78-53-29-33-55(34-30-53)82-63(74)47-19-21-49(22-20-47)65(76)84-57-37-38-59(51(43-57)44-68-70(52-27-17-46(45-71)18-28-52)67-69-58-15-9-10-16-60(58)86-67)85-66(77)50-25-23-48(24-26-50)64(75)83-56-35-31-54(32-36-56)79-40-12-6-8-14-42-81-62(73)4-2/h3-4,9-10,15-18,27-38,43-44,47-50,71H,1-2,5-8,11-14,19-26,39-42,45H2. The summed E-state index contributed by atoms with van der Waals surface area (Å²) < 4.78 is 46.3. The molecule has 2 saturated carbocycles. The Morgan fingerprint density at radius 2 is 0.953 bits per heavy atom. The van der Waals surface area contributed by atoms with Crippen LogP contribution < -0.4 is 33.4 Å². The second-order valence-corrected chi connectivity index (χ2v) is 22.0. The summed E-state index contributed by atoms with van der Waals surface area (Å²) in [4.78, 5) is 81.6. The zero-order valence-corrected chi connectivity index (χ0v) is 49.0. The maximum Gasteiger partial charge on any atom is 0.330 e. The van der Waals surface area contributed by atoms with Crippen molar-refractivity contribution in [3.05, 3.63) is 152 Å². The largest absolute Gasteiger partial charge is 0.494 e. The van der Waals surface area contributed by atoms with Crippen molar-refractivity contribution < 1.29 is 71.8 Å². The summed E-state index contributed by atoms with van der Waals surface area (Å²) in [6, 6.07) is 33.4. The van der Waals surface area contributed by atoms with Crippen molar-refractivity contribution in [2.45, 2.75) is 109 Å². The number of hydrogen-bond donors (Lipinski definition) is 1. The van der Waals surface area contributed by atoms with E-state index in [1.807, 2.05) is 36.4 Å². The van der Waals surface area contributed by atoms with Gasteiger partial charge in [-0.25, -0.2) is 19.6 Å². The number of esters is 6. The third-order valence-corrected chi connectivity index (χ3v) is 15.9. The molecule has 0 spiro atoms. The van der Waals surface area contributed by atoms with Crippen LogP contribution in [0.25, 0.3) is 10.2 Å². The lowest BCUT2D eigenvalue weighted by molar-refractivity contribution is -0.145. The van der Waals surface area contributed by atoms with Crippen molar-refractivity contribution in [1.29, 1.82) is 0 Å². The number of benzene rings is 5. The second kappa shape index (κ2) is 33.1. The van der Waals surface area contributed by atoms with Gasteiger partial charge in [0, 0.05) is 17.7 Å². The normalized spacial score (nSPS) is 16.5. The number of nitrogens with zero attached hydrogens (tertiary/aromatic N) is 3. The number of aliphatic hydroxyl groups is 1. The topological polar surface area (TPSA) is 225 Å². The lowest BCUT2D eigenvalue weighted by Gasteiger charge is -2.26. The van der Waals surface area contributed by atoms with Gasteiger partial charge in [-0.1, -0.05) is 48.8 Å². The van der Waals surface area contributed by atoms with Gasteiger partial charge >= 0.3 is 35.8 Å². The minimum Gasteiger partial charge on any atom is -0.494 e. The third-order valence-electron chi connectivity index (χ3n) is 14.9. The van der Waals surface area contributed by atoms with Gasteiger partial charge in [0.15, 0.2) is 0 Å². The molecular weight excluding hydrogens is 1120 g/mol. The van der Waals surface area contributed by atoms with Crippen LogP contribution in [0.4, 0.5) is 10.8 Å². The highest BCUT2D eigenvalue weighted by atomic mass is 32.1. The Morgan fingerprint density at radius 3 is 1.42 bits per heavy atom. The number of aromatic nitrogens is 1. The number of para-hydroxylation sites is 1. The fourth-order valence-electron chi connectivity index (χ4n) is 9.91. The van der Waals surface area contributed by atoms with E-state index < -0.39 is 47.5 Å². The number of rotatable bonds is 31. The number of anilines is 2. The van der Waals surface area contributed by atoms with Gasteiger partial charge in [-0.3, -0.25) is 19.2 Å². The summed E-state index contributed by atoms with van der Waals surface area (Å²) in [7, 11) is 0. The Kier molecular flexibility index (Phi) is 24.4. The number of thiazole rings is 1. The molecule has 2 aliphatic rings. The van der Waals surface area contributed by atoms with Crippen molar-refractivity contribution in [1.82, 2.24) is 4.98 Å². The fourth-order valence-corrected chi connectivity index (χ4v) is 10.9. The first-order valence-corrected chi connectivity index (χ1v) is 30.2. The Hall–Kier alpha value is -8.68.